The van der Waals surface area contributed by atoms with Crippen LogP contribution in [0.15, 0.2) is 63.6 Å². The average molecular weight is 483 g/mol. The van der Waals surface area contributed by atoms with Crippen LogP contribution in [0.5, 0.6) is 0 Å². The minimum absolute atomic E-state index is 0.225. The number of hydrogen-bond acceptors (Lipinski definition) is 8. The summed E-state index contributed by atoms with van der Waals surface area (Å²) in [6, 6.07) is 8.46. The van der Waals surface area contributed by atoms with E-state index >= 15 is 0 Å². The van der Waals surface area contributed by atoms with E-state index in [0.717, 1.165) is 17.7 Å². The van der Waals surface area contributed by atoms with Gasteiger partial charge in [0.15, 0.2) is 0 Å². The largest absolute Gasteiger partial charge is 0.463 e. The van der Waals surface area contributed by atoms with Crippen molar-refractivity contribution in [3.63, 3.8) is 0 Å². The monoisotopic (exact) mass is 482 g/mol. The molecule has 4 rings (SSSR count). The Balaban J connectivity index is 1.66. The van der Waals surface area contributed by atoms with Gasteiger partial charge >= 0.3 is 12.0 Å². The van der Waals surface area contributed by atoms with Crippen LogP contribution in [0.3, 0.4) is 0 Å². The molecular formula is C23H26N6O4S. The summed E-state index contributed by atoms with van der Waals surface area (Å²) in [6.07, 6.45) is 3.50. The maximum absolute atomic E-state index is 13.1. The van der Waals surface area contributed by atoms with E-state index in [0.29, 0.717) is 28.9 Å². The van der Waals surface area contributed by atoms with Crippen LogP contribution in [0.4, 0.5) is 4.79 Å². The van der Waals surface area contributed by atoms with Crippen LogP contribution in [0, 0.1) is 0 Å². The van der Waals surface area contributed by atoms with E-state index in [1.807, 2.05) is 50.4 Å². The van der Waals surface area contributed by atoms with E-state index < -0.39 is 12.0 Å². The fourth-order valence-electron chi connectivity index (χ4n) is 3.70. The normalized spacial score (nSPS) is 16.0. The molecule has 1 N–H and O–H groups in total. The number of carbonyl (C=O) groups excluding carboxylic acids is 2. The fourth-order valence-corrected chi connectivity index (χ4v) is 4.51. The van der Waals surface area contributed by atoms with Crippen LogP contribution in [0.25, 0.3) is 11.5 Å². The number of rotatable bonds is 9. The molecule has 0 aliphatic carbocycles. The molecule has 0 saturated carbocycles. The second kappa shape index (κ2) is 10.6. The SMILES string of the molecule is CCOC(=O)C1=C(CSc2nnc(-c3cnn(CC)c3)o2)N(CC)C(=O)N[C@H]1c1ccccc1. The fraction of sp³-hybridized carbons (Fsp3) is 0.348. The number of hydrogen-bond donors (Lipinski definition) is 1. The predicted molar refractivity (Wildman–Crippen MR) is 126 cm³/mol. The Kier molecular flexibility index (Phi) is 7.31. The summed E-state index contributed by atoms with van der Waals surface area (Å²) in [5, 5.41) is 15.7. The van der Waals surface area contributed by atoms with E-state index in [9.17, 15) is 9.59 Å². The lowest BCUT2D eigenvalue weighted by molar-refractivity contribution is -0.139. The maximum atomic E-state index is 13.1. The van der Waals surface area contributed by atoms with Crippen molar-refractivity contribution in [1.29, 1.82) is 0 Å². The molecule has 3 heterocycles. The molecule has 1 aromatic carbocycles. The molecule has 2 amide bonds. The minimum Gasteiger partial charge on any atom is -0.463 e. The van der Waals surface area contributed by atoms with Gasteiger partial charge in [-0.25, -0.2) is 9.59 Å². The quantitative estimate of drug-likeness (QED) is 0.363. The smallest absolute Gasteiger partial charge is 0.338 e. The Labute approximate surface area is 201 Å². The van der Waals surface area contributed by atoms with Gasteiger partial charge in [-0.15, -0.1) is 10.2 Å². The van der Waals surface area contributed by atoms with Gasteiger partial charge in [0.2, 0.25) is 0 Å². The molecule has 0 fully saturated rings. The first-order valence-corrected chi connectivity index (χ1v) is 12.1. The number of benzene rings is 1. The lowest BCUT2D eigenvalue weighted by Gasteiger charge is -2.36. The van der Waals surface area contributed by atoms with Gasteiger partial charge < -0.3 is 14.5 Å². The van der Waals surface area contributed by atoms with E-state index in [2.05, 4.69) is 20.6 Å². The Bertz CT molecular complexity index is 1190. The van der Waals surface area contributed by atoms with E-state index in [4.69, 9.17) is 9.15 Å². The highest BCUT2D eigenvalue weighted by molar-refractivity contribution is 7.99. The van der Waals surface area contributed by atoms with Gasteiger partial charge in [-0.1, -0.05) is 42.1 Å². The van der Waals surface area contributed by atoms with Gasteiger partial charge in [0.1, 0.15) is 0 Å². The zero-order chi connectivity index (χ0) is 24.1. The van der Waals surface area contributed by atoms with Crippen LogP contribution in [0.2, 0.25) is 0 Å². The highest BCUT2D eigenvalue weighted by Crippen LogP contribution is 2.34. The summed E-state index contributed by atoms with van der Waals surface area (Å²) in [7, 11) is 0. The van der Waals surface area contributed by atoms with E-state index in [1.54, 1.807) is 22.7 Å². The lowest BCUT2D eigenvalue weighted by atomic mass is 9.95. The number of nitrogens with zero attached hydrogens (tertiary/aromatic N) is 5. The number of urea groups is 1. The molecular weight excluding hydrogens is 456 g/mol. The first kappa shape index (κ1) is 23.6. The van der Waals surface area contributed by atoms with Gasteiger partial charge in [-0.05, 0) is 26.3 Å². The molecule has 1 aliphatic rings. The molecule has 11 heteroatoms. The van der Waals surface area contributed by atoms with Crippen molar-refractivity contribution < 1.29 is 18.7 Å². The average Bonchev–Trinajstić information content (AvgIpc) is 3.52. The van der Waals surface area contributed by atoms with Gasteiger partial charge in [-0.2, -0.15) is 5.10 Å². The number of nitrogens with one attached hydrogen (secondary N) is 1. The summed E-state index contributed by atoms with van der Waals surface area (Å²) in [4.78, 5) is 27.5. The van der Waals surface area contributed by atoms with Crippen molar-refractivity contribution in [3.8, 4) is 11.5 Å². The van der Waals surface area contributed by atoms with Crippen LogP contribution in [-0.4, -0.2) is 55.8 Å². The van der Waals surface area contributed by atoms with Crippen molar-refractivity contribution in [3.05, 3.63) is 59.6 Å². The molecule has 0 unspecified atom stereocenters. The second-order valence-corrected chi connectivity index (χ2v) is 8.29. The number of aryl methyl sites for hydroxylation is 1. The lowest BCUT2D eigenvalue weighted by Crippen LogP contribution is -2.49. The van der Waals surface area contributed by atoms with E-state index in [-0.39, 0.29) is 18.4 Å². The summed E-state index contributed by atoms with van der Waals surface area (Å²) >= 11 is 1.26. The molecule has 0 spiro atoms. The zero-order valence-corrected chi connectivity index (χ0v) is 20.0. The number of carbonyl (C=O) groups is 2. The van der Waals surface area contributed by atoms with Crippen LogP contribution in [-0.2, 0) is 16.1 Å². The number of aromatic nitrogens is 4. The minimum atomic E-state index is -0.621. The highest BCUT2D eigenvalue weighted by atomic mass is 32.2. The topological polar surface area (TPSA) is 115 Å². The van der Waals surface area contributed by atoms with Crippen LogP contribution < -0.4 is 5.32 Å². The molecule has 0 saturated heterocycles. The Hall–Kier alpha value is -3.60. The molecule has 1 aliphatic heterocycles. The maximum Gasteiger partial charge on any atom is 0.338 e. The molecule has 34 heavy (non-hydrogen) atoms. The Morgan fingerprint density at radius 1 is 1.18 bits per heavy atom. The van der Waals surface area contributed by atoms with Gasteiger partial charge in [0, 0.05) is 30.7 Å². The zero-order valence-electron chi connectivity index (χ0n) is 19.2. The third-order valence-electron chi connectivity index (χ3n) is 5.33. The summed E-state index contributed by atoms with van der Waals surface area (Å²) in [5.74, 6) is 0.163. The molecule has 178 valence electrons. The standard InChI is InChI=1S/C23H26N6O4S/c1-4-28-13-16(12-24-28)20-26-27-23(33-20)34-14-17-18(21(30)32-6-3)19(15-10-8-7-9-11-15)25-22(31)29(17)5-2/h7-13,19H,4-6,14H2,1-3H3,(H,25,31)/t19-/m0/s1. The van der Waals surface area contributed by atoms with Crippen molar-refractivity contribution in [2.75, 3.05) is 18.9 Å². The van der Waals surface area contributed by atoms with Gasteiger partial charge in [0.05, 0.1) is 30.0 Å². The number of amides is 2. The van der Waals surface area contributed by atoms with Crippen molar-refractivity contribution >= 4 is 23.8 Å². The van der Waals surface area contributed by atoms with Crippen molar-refractivity contribution in [2.24, 2.45) is 0 Å². The first-order valence-electron chi connectivity index (χ1n) is 11.1. The molecule has 0 radical (unpaired) electrons. The van der Waals surface area contributed by atoms with E-state index in [1.165, 1.54) is 11.8 Å². The Morgan fingerprint density at radius 3 is 2.65 bits per heavy atom. The first-order chi connectivity index (χ1) is 16.5. The number of thioether (sulfide) groups is 1. The summed E-state index contributed by atoms with van der Waals surface area (Å²) in [6.45, 7) is 6.94. The summed E-state index contributed by atoms with van der Waals surface area (Å²) < 4.78 is 12.9. The van der Waals surface area contributed by atoms with Gasteiger partial charge in [0.25, 0.3) is 11.1 Å². The number of ether oxygens (including phenoxy) is 1. The highest BCUT2D eigenvalue weighted by Gasteiger charge is 2.37. The number of esters is 1. The second-order valence-electron chi connectivity index (χ2n) is 7.36. The molecule has 1 atom stereocenters. The van der Waals surface area contributed by atoms with Crippen molar-refractivity contribution in [2.45, 2.75) is 38.6 Å². The van der Waals surface area contributed by atoms with Crippen LogP contribution >= 0.6 is 11.8 Å². The third kappa shape index (κ3) is 4.84. The predicted octanol–water partition coefficient (Wildman–Crippen LogP) is 3.65. The van der Waals surface area contributed by atoms with Crippen molar-refractivity contribution in [1.82, 2.24) is 30.2 Å². The molecule has 10 nitrogen and oxygen atoms in total. The molecule has 0 bridgehead atoms. The molecule has 2 aromatic heterocycles. The van der Waals surface area contributed by atoms with Crippen LogP contribution in [0.1, 0.15) is 32.4 Å². The summed E-state index contributed by atoms with van der Waals surface area (Å²) in [5.41, 5.74) is 2.47. The van der Waals surface area contributed by atoms with Gasteiger partial charge in [-0.3, -0.25) is 9.58 Å². The third-order valence-corrected chi connectivity index (χ3v) is 6.16. The molecule has 3 aromatic rings. The Morgan fingerprint density at radius 2 is 1.97 bits per heavy atom.